The SMILES string of the molecule is CS(=O)(=O)N1Cc2ccccc2CC1C(=O)Nc1ccc(F)c(Cl)c1. The molecule has 25 heavy (non-hydrogen) atoms. The number of carbonyl (C=O) groups excluding carboxylic acids is 1. The zero-order valence-electron chi connectivity index (χ0n) is 13.4. The molecular weight excluding hydrogens is 367 g/mol. The molecule has 0 saturated carbocycles. The standard InChI is InChI=1S/C17H16ClFN2O3S/c1-25(23,24)21-10-12-5-3-2-4-11(12)8-16(21)17(22)20-13-6-7-15(19)14(18)9-13/h2-7,9,16H,8,10H2,1H3,(H,20,22). The lowest BCUT2D eigenvalue weighted by molar-refractivity contribution is -0.120. The van der Waals surface area contributed by atoms with Crippen LogP contribution in [0.15, 0.2) is 42.5 Å². The maximum atomic E-state index is 13.2. The van der Waals surface area contributed by atoms with Crippen molar-refractivity contribution in [2.45, 2.75) is 19.0 Å². The van der Waals surface area contributed by atoms with Gasteiger partial charge in [-0.1, -0.05) is 35.9 Å². The monoisotopic (exact) mass is 382 g/mol. The van der Waals surface area contributed by atoms with Crippen molar-refractivity contribution in [3.8, 4) is 0 Å². The van der Waals surface area contributed by atoms with Gasteiger partial charge in [-0.3, -0.25) is 4.79 Å². The van der Waals surface area contributed by atoms with Crippen molar-refractivity contribution in [1.29, 1.82) is 0 Å². The lowest BCUT2D eigenvalue weighted by Gasteiger charge is -2.34. The topological polar surface area (TPSA) is 66.5 Å². The number of nitrogens with one attached hydrogen (secondary N) is 1. The first kappa shape index (κ1) is 17.8. The predicted molar refractivity (Wildman–Crippen MR) is 94.4 cm³/mol. The number of nitrogens with zero attached hydrogens (tertiary/aromatic N) is 1. The molecule has 0 spiro atoms. The highest BCUT2D eigenvalue weighted by atomic mass is 35.5. The quantitative estimate of drug-likeness (QED) is 0.887. The van der Waals surface area contributed by atoms with E-state index in [2.05, 4.69) is 5.32 Å². The minimum Gasteiger partial charge on any atom is -0.325 e. The second-order valence-corrected chi connectivity index (χ2v) is 8.26. The van der Waals surface area contributed by atoms with Gasteiger partial charge in [-0.2, -0.15) is 4.31 Å². The van der Waals surface area contributed by atoms with Gasteiger partial charge >= 0.3 is 0 Å². The molecule has 0 fully saturated rings. The largest absolute Gasteiger partial charge is 0.325 e. The van der Waals surface area contributed by atoms with Gasteiger partial charge < -0.3 is 5.32 Å². The van der Waals surface area contributed by atoms with Crippen molar-refractivity contribution in [3.05, 3.63) is 64.4 Å². The molecular formula is C17H16ClFN2O3S. The maximum absolute atomic E-state index is 13.2. The van der Waals surface area contributed by atoms with Gasteiger partial charge in [-0.25, -0.2) is 12.8 Å². The Morgan fingerprint density at radius 2 is 1.92 bits per heavy atom. The summed E-state index contributed by atoms with van der Waals surface area (Å²) in [6, 6.07) is 10.3. The predicted octanol–water partition coefficient (Wildman–Crippen LogP) is 2.80. The van der Waals surface area contributed by atoms with E-state index in [0.717, 1.165) is 23.4 Å². The molecule has 1 heterocycles. The number of fused-ring (bicyclic) bond motifs is 1. The Kier molecular flexibility index (Phi) is 4.81. The van der Waals surface area contributed by atoms with Gasteiger partial charge in [0.15, 0.2) is 0 Å². The summed E-state index contributed by atoms with van der Waals surface area (Å²) >= 11 is 5.72. The van der Waals surface area contributed by atoms with E-state index in [-0.39, 0.29) is 18.0 Å². The summed E-state index contributed by atoms with van der Waals surface area (Å²) in [5.41, 5.74) is 2.12. The number of amides is 1. The van der Waals surface area contributed by atoms with Gasteiger partial charge in [0, 0.05) is 12.2 Å². The Hall–Kier alpha value is -1.96. The second kappa shape index (κ2) is 6.74. The molecule has 2 aromatic carbocycles. The van der Waals surface area contributed by atoms with Gasteiger partial charge in [0.1, 0.15) is 11.9 Å². The zero-order valence-corrected chi connectivity index (χ0v) is 14.9. The summed E-state index contributed by atoms with van der Waals surface area (Å²) in [4.78, 5) is 12.7. The third-order valence-corrected chi connectivity index (χ3v) is 5.65. The van der Waals surface area contributed by atoms with Crippen molar-refractivity contribution >= 4 is 33.2 Å². The van der Waals surface area contributed by atoms with E-state index in [4.69, 9.17) is 11.6 Å². The highest BCUT2D eigenvalue weighted by molar-refractivity contribution is 7.88. The van der Waals surface area contributed by atoms with Crippen LogP contribution in [-0.2, 0) is 27.8 Å². The summed E-state index contributed by atoms with van der Waals surface area (Å²) in [7, 11) is -3.58. The fourth-order valence-corrected chi connectivity index (χ4v) is 4.06. The van der Waals surface area contributed by atoms with E-state index < -0.39 is 27.8 Å². The molecule has 5 nitrogen and oxygen atoms in total. The number of hydrogen-bond acceptors (Lipinski definition) is 3. The number of benzene rings is 2. The van der Waals surface area contributed by atoms with Crippen LogP contribution in [0, 0.1) is 5.82 Å². The third-order valence-electron chi connectivity index (χ3n) is 4.12. The van der Waals surface area contributed by atoms with Gasteiger partial charge in [-0.15, -0.1) is 0 Å². The molecule has 0 saturated heterocycles. The molecule has 0 aliphatic carbocycles. The molecule has 0 radical (unpaired) electrons. The van der Waals surface area contributed by atoms with Crippen LogP contribution >= 0.6 is 11.6 Å². The van der Waals surface area contributed by atoms with Crippen LogP contribution in [0.2, 0.25) is 5.02 Å². The van der Waals surface area contributed by atoms with Gasteiger partial charge in [-0.05, 0) is 35.7 Å². The van der Waals surface area contributed by atoms with Crippen molar-refractivity contribution in [2.24, 2.45) is 0 Å². The molecule has 2 aromatic rings. The summed E-state index contributed by atoms with van der Waals surface area (Å²) in [6.07, 6.45) is 1.35. The Morgan fingerprint density at radius 3 is 2.56 bits per heavy atom. The minimum absolute atomic E-state index is 0.119. The highest BCUT2D eigenvalue weighted by Crippen LogP contribution is 2.27. The van der Waals surface area contributed by atoms with E-state index in [9.17, 15) is 17.6 Å². The van der Waals surface area contributed by atoms with Crippen LogP contribution in [-0.4, -0.2) is 30.9 Å². The zero-order chi connectivity index (χ0) is 18.2. The number of halogens is 2. The Bertz CT molecular complexity index is 933. The van der Waals surface area contributed by atoms with E-state index >= 15 is 0 Å². The first-order chi connectivity index (χ1) is 11.8. The van der Waals surface area contributed by atoms with Crippen LogP contribution in [0.25, 0.3) is 0 Å². The molecule has 1 aliphatic rings. The summed E-state index contributed by atoms with van der Waals surface area (Å²) in [5.74, 6) is -1.08. The molecule has 1 atom stereocenters. The number of sulfonamides is 1. The van der Waals surface area contributed by atoms with Crippen LogP contribution in [0.1, 0.15) is 11.1 Å². The number of carbonyl (C=O) groups is 1. The molecule has 1 N–H and O–H groups in total. The smallest absolute Gasteiger partial charge is 0.243 e. The molecule has 1 aliphatic heterocycles. The number of hydrogen-bond donors (Lipinski definition) is 1. The molecule has 132 valence electrons. The van der Waals surface area contributed by atoms with Crippen molar-refractivity contribution < 1.29 is 17.6 Å². The average molecular weight is 383 g/mol. The Labute approximate surface area is 150 Å². The first-order valence-electron chi connectivity index (χ1n) is 7.55. The van der Waals surface area contributed by atoms with Crippen LogP contribution in [0.5, 0.6) is 0 Å². The maximum Gasteiger partial charge on any atom is 0.243 e. The lowest BCUT2D eigenvalue weighted by atomic mass is 9.95. The summed E-state index contributed by atoms with van der Waals surface area (Å²) < 4.78 is 38.7. The Balaban J connectivity index is 1.89. The van der Waals surface area contributed by atoms with E-state index in [0.29, 0.717) is 5.69 Å². The normalized spacial score (nSPS) is 17.8. The third kappa shape index (κ3) is 3.84. The first-order valence-corrected chi connectivity index (χ1v) is 9.78. The van der Waals surface area contributed by atoms with Gasteiger partial charge in [0.2, 0.25) is 15.9 Å². The van der Waals surface area contributed by atoms with E-state index in [1.807, 2.05) is 24.3 Å². The molecule has 0 bridgehead atoms. The van der Waals surface area contributed by atoms with Gasteiger partial charge in [0.05, 0.1) is 11.3 Å². The molecule has 1 unspecified atom stereocenters. The summed E-state index contributed by atoms with van der Waals surface area (Å²) in [5, 5.41) is 2.50. The van der Waals surface area contributed by atoms with E-state index in [1.165, 1.54) is 16.4 Å². The van der Waals surface area contributed by atoms with Crippen molar-refractivity contribution in [2.75, 3.05) is 11.6 Å². The van der Waals surface area contributed by atoms with Crippen LogP contribution in [0.4, 0.5) is 10.1 Å². The average Bonchev–Trinajstić information content (AvgIpc) is 2.56. The molecule has 1 amide bonds. The minimum atomic E-state index is -3.58. The van der Waals surface area contributed by atoms with Crippen molar-refractivity contribution in [3.63, 3.8) is 0 Å². The highest BCUT2D eigenvalue weighted by Gasteiger charge is 2.36. The van der Waals surface area contributed by atoms with Gasteiger partial charge in [0.25, 0.3) is 0 Å². The Morgan fingerprint density at radius 1 is 1.24 bits per heavy atom. The van der Waals surface area contributed by atoms with Crippen LogP contribution < -0.4 is 5.32 Å². The van der Waals surface area contributed by atoms with Crippen LogP contribution in [0.3, 0.4) is 0 Å². The number of rotatable bonds is 3. The molecule has 8 heteroatoms. The second-order valence-electron chi connectivity index (χ2n) is 5.91. The molecule has 0 aromatic heterocycles. The van der Waals surface area contributed by atoms with Crippen molar-refractivity contribution in [1.82, 2.24) is 4.31 Å². The fraction of sp³-hybridized carbons (Fsp3) is 0.235. The fourth-order valence-electron chi connectivity index (χ4n) is 2.87. The number of anilines is 1. The summed E-state index contributed by atoms with van der Waals surface area (Å²) in [6.45, 7) is 0.136. The van der Waals surface area contributed by atoms with E-state index in [1.54, 1.807) is 0 Å². The molecule has 3 rings (SSSR count). The lowest BCUT2D eigenvalue weighted by Crippen LogP contribution is -2.50.